The van der Waals surface area contributed by atoms with Crippen molar-refractivity contribution in [3.05, 3.63) is 59.2 Å². The third-order valence-corrected chi connectivity index (χ3v) is 5.70. The van der Waals surface area contributed by atoms with E-state index in [0.29, 0.717) is 5.75 Å². The van der Waals surface area contributed by atoms with E-state index in [9.17, 15) is 4.79 Å². The number of carbonyl (C=O) groups excluding carboxylic acids is 1. The monoisotopic (exact) mass is 412 g/mol. The van der Waals surface area contributed by atoms with Gasteiger partial charge in [0.25, 0.3) is 0 Å². The number of ether oxygens (including phenoxy) is 3. The molecule has 0 saturated heterocycles. The van der Waals surface area contributed by atoms with Crippen LogP contribution in [0.15, 0.2) is 42.5 Å². The molecular formula is C24H32N2O4. The first-order chi connectivity index (χ1) is 14.6. The number of benzene rings is 2. The van der Waals surface area contributed by atoms with Crippen LogP contribution in [0, 0.1) is 0 Å². The molecule has 6 nitrogen and oxygen atoms in total. The van der Waals surface area contributed by atoms with Gasteiger partial charge in [0.15, 0.2) is 11.5 Å². The van der Waals surface area contributed by atoms with Crippen molar-refractivity contribution in [2.75, 3.05) is 34.5 Å². The number of fused-ring (bicyclic) bond motifs is 1. The van der Waals surface area contributed by atoms with Gasteiger partial charge in [-0.1, -0.05) is 37.3 Å². The van der Waals surface area contributed by atoms with Crippen molar-refractivity contribution in [3.8, 4) is 11.5 Å². The molecule has 0 bridgehead atoms. The average Bonchev–Trinajstić information content (AvgIpc) is 2.77. The molecule has 2 aromatic rings. The van der Waals surface area contributed by atoms with E-state index in [1.165, 1.54) is 23.8 Å². The lowest BCUT2D eigenvalue weighted by atomic mass is 9.86. The van der Waals surface area contributed by atoms with Crippen molar-refractivity contribution in [1.29, 1.82) is 0 Å². The zero-order valence-electron chi connectivity index (χ0n) is 18.3. The number of nitrogens with one attached hydrogen (secondary N) is 1. The van der Waals surface area contributed by atoms with Crippen molar-refractivity contribution in [2.45, 2.75) is 38.4 Å². The second kappa shape index (κ2) is 10.5. The van der Waals surface area contributed by atoms with Crippen molar-refractivity contribution in [2.24, 2.45) is 0 Å². The Labute approximate surface area is 179 Å². The van der Waals surface area contributed by atoms with Gasteiger partial charge in [0, 0.05) is 26.2 Å². The van der Waals surface area contributed by atoms with Gasteiger partial charge in [-0.25, -0.2) is 0 Å². The number of amides is 1. The summed E-state index contributed by atoms with van der Waals surface area (Å²) < 4.78 is 16.1. The Morgan fingerprint density at radius 3 is 2.47 bits per heavy atom. The third kappa shape index (κ3) is 4.94. The van der Waals surface area contributed by atoms with Gasteiger partial charge in [-0.2, -0.15) is 0 Å². The number of nitrogens with zero attached hydrogens (tertiary/aromatic N) is 1. The second-order valence-corrected chi connectivity index (χ2v) is 7.57. The number of hydrogen-bond acceptors (Lipinski definition) is 5. The lowest BCUT2D eigenvalue weighted by Gasteiger charge is -2.42. The summed E-state index contributed by atoms with van der Waals surface area (Å²) in [7, 11) is 4.85. The summed E-state index contributed by atoms with van der Waals surface area (Å²) in [5, 5.41) is 3.18. The minimum atomic E-state index is -0.100. The van der Waals surface area contributed by atoms with E-state index in [0.717, 1.165) is 31.7 Å². The van der Waals surface area contributed by atoms with E-state index >= 15 is 0 Å². The van der Waals surface area contributed by atoms with Crippen LogP contribution in [0.5, 0.6) is 11.5 Å². The number of carbonyl (C=O) groups is 1. The quantitative estimate of drug-likeness (QED) is 0.685. The number of hydrogen-bond donors (Lipinski definition) is 1. The van der Waals surface area contributed by atoms with Crippen LogP contribution < -0.4 is 14.8 Å². The Balaban J connectivity index is 2.00. The number of rotatable bonds is 9. The smallest absolute Gasteiger partial charge is 0.246 e. The molecule has 1 heterocycles. The average molecular weight is 413 g/mol. The first kappa shape index (κ1) is 22.1. The Morgan fingerprint density at radius 2 is 1.83 bits per heavy atom. The van der Waals surface area contributed by atoms with Gasteiger partial charge in [0.05, 0.1) is 20.3 Å². The van der Waals surface area contributed by atoms with Gasteiger partial charge in [0.1, 0.15) is 6.61 Å². The molecule has 1 aliphatic heterocycles. The van der Waals surface area contributed by atoms with Crippen molar-refractivity contribution in [3.63, 3.8) is 0 Å². The molecule has 0 saturated carbocycles. The number of methoxy groups -OCH3 is 3. The van der Waals surface area contributed by atoms with Gasteiger partial charge < -0.3 is 19.5 Å². The van der Waals surface area contributed by atoms with Crippen molar-refractivity contribution in [1.82, 2.24) is 10.2 Å². The van der Waals surface area contributed by atoms with Crippen LogP contribution in [0.25, 0.3) is 0 Å². The lowest BCUT2D eigenvalue weighted by Crippen LogP contribution is -2.49. The molecule has 30 heavy (non-hydrogen) atoms. The molecule has 6 heteroatoms. The van der Waals surface area contributed by atoms with Crippen LogP contribution in [0.3, 0.4) is 0 Å². The topological polar surface area (TPSA) is 60.0 Å². The van der Waals surface area contributed by atoms with E-state index in [1.54, 1.807) is 14.2 Å². The van der Waals surface area contributed by atoms with E-state index < -0.39 is 0 Å². The van der Waals surface area contributed by atoms with Crippen LogP contribution in [0.4, 0.5) is 0 Å². The Morgan fingerprint density at radius 1 is 1.13 bits per heavy atom. The van der Waals surface area contributed by atoms with Crippen LogP contribution in [-0.2, 0) is 22.5 Å². The zero-order valence-corrected chi connectivity index (χ0v) is 18.3. The van der Waals surface area contributed by atoms with Gasteiger partial charge in [-0.3, -0.25) is 9.69 Å². The van der Waals surface area contributed by atoms with Gasteiger partial charge >= 0.3 is 0 Å². The minimum Gasteiger partial charge on any atom is -0.493 e. The summed E-state index contributed by atoms with van der Waals surface area (Å²) in [5.41, 5.74) is 3.67. The summed E-state index contributed by atoms with van der Waals surface area (Å²) in [6, 6.07) is 14.6. The first-order valence-electron chi connectivity index (χ1n) is 10.4. The largest absolute Gasteiger partial charge is 0.493 e. The molecule has 1 amide bonds. The van der Waals surface area contributed by atoms with Crippen LogP contribution in [-0.4, -0.2) is 51.3 Å². The summed E-state index contributed by atoms with van der Waals surface area (Å²) in [6.45, 7) is 3.88. The zero-order chi connectivity index (χ0) is 21.5. The first-order valence-corrected chi connectivity index (χ1v) is 10.4. The summed E-state index contributed by atoms with van der Waals surface area (Å²) in [4.78, 5) is 14.8. The molecular weight excluding hydrogens is 380 g/mol. The highest BCUT2D eigenvalue weighted by molar-refractivity contribution is 5.77. The minimum absolute atomic E-state index is 0.0274. The Hall–Kier alpha value is -2.57. The SMILES string of the molecule is CC[C@@H](NC(=O)COC)[C@@H]1c2cc(OC)c(OC)cc2CCN1Cc1ccccc1. The summed E-state index contributed by atoms with van der Waals surface area (Å²) in [6.07, 6.45) is 1.72. The lowest BCUT2D eigenvalue weighted by molar-refractivity contribution is -0.126. The maximum atomic E-state index is 12.4. The molecule has 0 aromatic heterocycles. The van der Waals surface area contributed by atoms with E-state index in [4.69, 9.17) is 14.2 Å². The highest BCUT2D eigenvalue weighted by Crippen LogP contribution is 2.40. The normalized spacial score (nSPS) is 17.1. The molecule has 0 fully saturated rings. The molecule has 0 spiro atoms. The van der Waals surface area contributed by atoms with Crippen molar-refractivity contribution < 1.29 is 19.0 Å². The van der Waals surface area contributed by atoms with E-state index in [2.05, 4.69) is 53.5 Å². The molecule has 1 aliphatic rings. The molecule has 162 valence electrons. The van der Waals surface area contributed by atoms with Gasteiger partial charge in [-0.05, 0) is 41.7 Å². The summed E-state index contributed by atoms with van der Waals surface area (Å²) >= 11 is 0. The fourth-order valence-corrected chi connectivity index (χ4v) is 4.28. The Kier molecular flexibility index (Phi) is 7.71. The van der Waals surface area contributed by atoms with Crippen LogP contribution >= 0.6 is 0 Å². The van der Waals surface area contributed by atoms with E-state index in [1.807, 2.05) is 6.07 Å². The molecule has 0 radical (unpaired) electrons. The Bertz CT molecular complexity index is 841. The standard InChI is InChI=1S/C24H32N2O4/c1-5-20(25-23(27)16-28-2)24-19-14-22(30-4)21(29-3)13-18(19)11-12-26(24)15-17-9-7-6-8-10-17/h6-10,13-14,20,24H,5,11-12,15-16H2,1-4H3,(H,25,27)/t20-,24+/m1/s1. The maximum absolute atomic E-state index is 12.4. The van der Waals surface area contributed by atoms with Gasteiger partial charge in [0.2, 0.25) is 5.91 Å². The predicted molar refractivity (Wildman–Crippen MR) is 117 cm³/mol. The van der Waals surface area contributed by atoms with E-state index in [-0.39, 0.29) is 24.6 Å². The highest BCUT2D eigenvalue weighted by Gasteiger charge is 2.35. The highest BCUT2D eigenvalue weighted by atomic mass is 16.5. The van der Waals surface area contributed by atoms with Crippen LogP contribution in [0.2, 0.25) is 0 Å². The predicted octanol–water partition coefficient (Wildman–Crippen LogP) is 3.34. The third-order valence-electron chi connectivity index (χ3n) is 5.70. The fraction of sp³-hybridized carbons (Fsp3) is 0.458. The summed E-state index contributed by atoms with van der Waals surface area (Å²) in [5.74, 6) is 1.35. The molecule has 2 aromatic carbocycles. The molecule has 3 rings (SSSR count). The molecule has 2 atom stereocenters. The van der Waals surface area contributed by atoms with Crippen LogP contribution in [0.1, 0.15) is 36.1 Å². The van der Waals surface area contributed by atoms with Gasteiger partial charge in [-0.15, -0.1) is 0 Å². The molecule has 0 aliphatic carbocycles. The molecule has 0 unspecified atom stereocenters. The van der Waals surface area contributed by atoms with Crippen molar-refractivity contribution >= 4 is 5.91 Å². The maximum Gasteiger partial charge on any atom is 0.246 e. The fourth-order valence-electron chi connectivity index (χ4n) is 4.28. The second-order valence-electron chi connectivity index (χ2n) is 7.57. The molecule has 1 N–H and O–H groups in total.